The normalized spacial score (nSPS) is 17.2. The summed E-state index contributed by atoms with van der Waals surface area (Å²) in [4.78, 5) is 19.1. The van der Waals surface area contributed by atoms with Crippen LogP contribution in [0.4, 0.5) is 5.69 Å². The van der Waals surface area contributed by atoms with Gasteiger partial charge in [0.25, 0.3) is 0 Å². The number of Topliss-reactive ketones (excluding diaryl/α,β-unsaturated/α-hetero) is 1. The van der Waals surface area contributed by atoms with E-state index in [2.05, 4.69) is 17.4 Å². The summed E-state index contributed by atoms with van der Waals surface area (Å²) in [7, 11) is 0. The van der Waals surface area contributed by atoms with Crippen molar-refractivity contribution in [2.45, 2.75) is 24.2 Å². The molecule has 29 heavy (non-hydrogen) atoms. The van der Waals surface area contributed by atoms with E-state index < -0.39 is 0 Å². The van der Waals surface area contributed by atoms with Crippen LogP contribution < -0.4 is 5.32 Å². The molecule has 3 heteroatoms. The van der Waals surface area contributed by atoms with Gasteiger partial charge in [-0.1, -0.05) is 78.9 Å². The maximum absolute atomic E-state index is 14.1. The molecule has 1 fully saturated rings. The minimum atomic E-state index is -0.336. The zero-order chi connectivity index (χ0) is 19.7. The highest BCUT2D eigenvalue weighted by Gasteiger charge is 2.48. The van der Waals surface area contributed by atoms with Crippen molar-refractivity contribution in [1.82, 2.24) is 5.32 Å². The van der Waals surface area contributed by atoms with Crippen LogP contribution in [0.5, 0.6) is 0 Å². The molecule has 0 bridgehead atoms. The van der Waals surface area contributed by atoms with E-state index >= 15 is 0 Å². The predicted molar refractivity (Wildman–Crippen MR) is 117 cm³/mol. The van der Waals surface area contributed by atoms with E-state index in [1.165, 1.54) is 5.56 Å². The van der Waals surface area contributed by atoms with Crippen molar-refractivity contribution in [3.63, 3.8) is 0 Å². The zero-order valence-electron chi connectivity index (χ0n) is 16.3. The lowest BCUT2D eigenvalue weighted by atomic mass is 9.67. The molecule has 0 radical (unpaired) electrons. The summed E-state index contributed by atoms with van der Waals surface area (Å²) in [6.45, 7) is 1.81. The zero-order valence-corrected chi connectivity index (χ0v) is 16.3. The Kier molecular flexibility index (Phi) is 4.61. The number of para-hydroxylation sites is 1. The van der Waals surface area contributed by atoms with Crippen LogP contribution in [-0.4, -0.2) is 24.6 Å². The van der Waals surface area contributed by atoms with Gasteiger partial charge in [0.15, 0.2) is 5.78 Å². The van der Waals surface area contributed by atoms with Gasteiger partial charge in [0.2, 0.25) is 0 Å². The summed E-state index contributed by atoms with van der Waals surface area (Å²) in [6, 6.07) is 28.5. The van der Waals surface area contributed by atoms with Gasteiger partial charge in [-0.3, -0.25) is 4.79 Å². The second-order valence-corrected chi connectivity index (χ2v) is 7.93. The van der Waals surface area contributed by atoms with Crippen molar-refractivity contribution < 1.29 is 4.79 Å². The highest BCUT2D eigenvalue weighted by Crippen LogP contribution is 2.47. The number of rotatable bonds is 4. The lowest BCUT2D eigenvalue weighted by Crippen LogP contribution is -2.47. The van der Waals surface area contributed by atoms with Crippen LogP contribution in [0.1, 0.15) is 35.4 Å². The molecule has 2 aliphatic heterocycles. The second-order valence-electron chi connectivity index (χ2n) is 7.93. The van der Waals surface area contributed by atoms with Gasteiger partial charge in [-0.25, -0.2) is 4.99 Å². The number of benzene rings is 3. The molecule has 1 N–H and O–H groups in total. The van der Waals surface area contributed by atoms with Gasteiger partial charge in [-0.2, -0.15) is 0 Å². The molecular weight excluding hydrogens is 356 g/mol. The lowest BCUT2D eigenvalue weighted by molar-refractivity contribution is -0.113. The van der Waals surface area contributed by atoms with E-state index in [1.807, 2.05) is 72.8 Å². The van der Waals surface area contributed by atoms with Gasteiger partial charge in [-0.05, 0) is 48.7 Å². The molecule has 0 aromatic heterocycles. The Morgan fingerprint density at radius 2 is 1.34 bits per heavy atom. The summed E-state index contributed by atoms with van der Waals surface area (Å²) in [5, 5.41) is 3.45. The van der Waals surface area contributed by atoms with Gasteiger partial charge in [0.1, 0.15) is 0 Å². The summed E-state index contributed by atoms with van der Waals surface area (Å²) in [5.74, 6) is -0.210. The molecule has 0 atom stereocenters. The van der Waals surface area contributed by atoms with Gasteiger partial charge in [0.05, 0.1) is 17.3 Å². The molecule has 3 aromatic carbocycles. The number of fused-ring (bicyclic) bond motifs is 2. The highest BCUT2D eigenvalue weighted by molar-refractivity contribution is 6.47. The fraction of sp³-hybridized carbons (Fsp3) is 0.231. The lowest BCUT2D eigenvalue weighted by Gasteiger charge is -2.36. The number of carbonyl (C=O) groups is 1. The van der Waals surface area contributed by atoms with Crippen LogP contribution in [0.3, 0.4) is 0 Å². The summed E-state index contributed by atoms with van der Waals surface area (Å²) in [6.07, 6.45) is 1.82. The van der Waals surface area contributed by atoms with Crippen molar-refractivity contribution in [3.05, 3.63) is 102 Å². The average Bonchev–Trinajstić information content (AvgIpc) is 3.10. The van der Waals surface area contributed by atoms with E-state index in [0.29, 0.717) is 0 Å². The minimum absolute atomic E-state index is 0.125. The van der Waals surface area contributed by atoms with E-state index in [-0.39, 0.29) is 17.1 Å². The number of ketones is 1. The highest BCUT2D eigenvalue weighted by atomic mass is 16.1. The third-order valence-electron chi connectivity index (χ3n) is 6.32. The maximum Gasteiger partial charge on any atom is 0.189 e. The van der Waals surface area contributed by atoms with Crippen molar-refractivity contribution in [1.29, 1.82) is 0 Å². The first-order chi connectivity index (χ1) is 14.3. The molecule has 0 unspecified atom stereocenters. The number of nitrogens with one attached hydrogen (secondary N) is 1. The molecule has 3 aromatic rings. The Bertz CT molecular complexity index is 1010. The van der Waals surface area contributed by atoms with Gasteiger partial charge >= 0.3 is 0 Å². The number of carbonyl (C=O) groups excluding carboxylic acids is 1. The Hall–Kier alpha value is -3.04. The molecule has 0 aliphatic carbocycles. The first kappa shape index (κ1) is 18.0. The van der Waals surface area contributed by atoms with Crippen molar-refractivity contribution in [3.8, 4) is 0 Å². The van der Waals surface area contributed by atoms with Crippen LogP contribution >= 0.6 is 0 Å². The van der Waals surface area contributed by atoms with Gasteiger partial charge in [0, 0.05) is 5.41 Å². The molecule has 2 aliphatic rings. The molecule has 2 heterocycles. The second kappa shape index (κ2) is 7.41. The molecular formula is C26H24N2O. The smallest absolute Gasteiger partial charge is 0.189 e. The fourth-order valence-electron chi connectivity index (χ4n) is 4.90. The maximum atomic E-state index is 14.1. The van der Waals surface area contributed by atoms with E-state index in [0.717, 1.165) is 48.5 Å². The Morgan fingerprint density at radius 1 is 0.793 bits per heavy atom. The number of hydrogen-bond acceptors (Lipinski definition) is 3. The first-order valence-corrected chi connectivity index (χ1v) is 10.3. The molecule has 1 saturated heterocycles. The van der Waals surface area contributed by atoms with Gasteiger partial charge in [-0.15, -0.1) is 0 Å². The van der Waals surface area contributed by atoms with Gasteiger partial charge < -0.3 is 5.32 Å². The molecule has 144 valence electrons. The molecule has 0 saturated carbocycles. The van der Waals surface area contributed by atoms with Crippen LogP contribution in [0.2, 0.25) is 0 Å². The standard InChI is InChI=1S/C26H24N2O/c29-24(23(19-9-3-1-4-10-19)20-11-5-2-6-12-20)25-26(15-17-27-18-16-26)21-13-7-8-14-22(21)28-25/h1-14,23,27H,15-18H2. The van der Waals surface area contributed by atoms with Crippen LogP contribution in [0, 0.1) is 0 Å². The van der Waals surface area contributed by atoms with E-state index in [9.17, 15) is 4.79 Å². The first-order valence-electron chi connectivity index (χ1n) is 10.3. The Balaban J connectivity index is 1.64. The molecule has 1 spiro atoms. The van der Waals surface area contributed by atoms with E-state index in [4.69, 9.17) is 4.99 Å². The number of nitrogens with zero attached hydrogens (tertiary/aromatic N) is 1. The molecule has 5 rings (SSSR count). The Labute approximate surface area is 171 Å². The molecule has 3 nitrogen and oxygen atoms in total. The van der Waals surface area contributed by atoms with Crippen LogP contribution in [-0.2, 0) is 10.2 Å². The third-order valence-corrected chi connectivity index (χ3v) is 6.32. The van der Waals surface area contributed by atoms with E-state index in [1.54, 1.807) is 0 Å². The van der Waals surface area contributed by atoms with Crippen molar-refractivity contribution in [2.24, 2.45) is 4.99 Å². The fourth-order valence-corrected chi connectivity index (χ4v) is 4.90. The average molecular weight is 380 g/mol. The quantitative estimate of drug-likeness (QED) is 0.707. The van der Waals surface area contributed by atoms with Crippen LogP contribution in [0.25, 0.3) is 0 Å². The van der Waals surface area contributed by atoms with Crippen molar-refractivity contribution in [2.75, 3.05) is 13.1 Å². The summed E-state index contributed by atoms with van der Waals surface area (Å²) >= 11 is 0. The van der Waals surface area contributed by atoms with Crippen molar-refractivity contribution >= 4 is 17.2 Å². The SMILES string of the molecule is O=C(C1=Nc2ccccc2C12CCNCC2)C(c1ccccc1)c1ccccc1. The largest absolute Gasteiger partial charge is 0.317 e. The number of piperidine rings is 1. The number of hydrogen-bond donors (Lipinski definition) is 1. The van der Waals surface area contributed by atoms with Crippen LogP contribution in [0.15, 0.2) is 89.9 Å². The third kappa shape index (κ3) is 3.02. The minimum Gasteiger partial charge on any atom is -0.317 e. The molecule has 0 amide bonds. The predicted octanol–water partition coefficient (Wildman–Crippen LogP) is 4.80. The Morgan fingerprint density at radius 3 is 1.97 bits per heavy atom. The summed E-state index contributed by atoms with van der Waals surface area (Å²) in [5.41, 5.74) is 4.67. The topological polar surface area (TPSA) is 41.5 Å². The number of aliphatic imine (C=N–C) groups is 1. The monoisotopic (exact) mass is 380 g/mol. The summed E-state index contributed by atoms with van der Waals surface area (Å²) < 4.78 is 0.